The maximum absolute atomic E-state index is 11.9. The second kappa shape index (κ2) is 4.79. The molecule has 1 saturated carbocycles. The lowest BCUT2D eigenvalue weighted by Crippen LogP contribution is -2.45. The predicted molar refractivity (Wildman–Crippen MR) is 70.6 cm³/mol. The van der Waals surface area contributed by atoms with Crippen molar-refractivity contribution in [2.45, 2.75) is 18.4 Å². The van der Waals surface area contributed by atoms with Gasteiger partial charge in [-0.1, -0.05) is 18.2 Å². The van der Waals surface area contributed by atoms with Gasteiger partial charge in [-0.25, -0.2) is 4.79 Å². The molecule has 0 unspecified atom stereocenters. The molecule has 0 bridgehead atoms. The van der Waals surface area contributed by atoms with E-state index < -0.39 is 17.5 Å². The van der Waals surface area contributed by atoms with Crippen LogP contribution in [-0.2, 0) is 10.3 Å². The topological polar surface area (TPSA) is 95.7 Å². The maximum atomic E-state index is 11.9. The molecule has 2 rings (SSSR count). The number of carboxylic acids is 1. The molecule has 0 radical (unpaired) electrons. The fraction of sp³-hybridized carbons (Fsp3) is 0.385. The molecule has 1 aromatic carbocycles. The summed E-state index contributed by atoms with van der Waals surface area (Å²) in [6.07, 6.45) is 1.63. The largest absolute Gasteiger partial charge is 0.480 e. The van der Waals surface area contributed by atoms with Gasteiger partial charge in [-0.2, -0.15) is 0 Å². The molecule has 1 aliphatic carbocycles. The van der Waals surface area contributed by atoms with Crippen LogP contribution in [0.3, 0.4) is 0 Å². The summed E-state index contributed by atoms with van der Waals surface area (Å²) in [6.45, 7) is -0.327. The van der Waals surface area contributed by atoms with Crippen molar-refractivity contribution in [1.29, 1.82) is 0 Å². The highest BCUT2D eigenvalue weighted by molar-refractivity contribution is 5.81. The van der Waals surface area contributed by atoms with E-state index in [2.05, 4.69) is 5.32 Å². The minimum absolute atomic E-state index is 0.327. The molecular formula is C13H17N3O3. The molecule has 1 aliphatic rings. The number of carbonyl (C=O) groups excluding carboxylic acids is 1. The molecule has 19 heavy (non-hydrogen) atoms. The number of anilines is 1. The summed E-state index contributed by atoms with van der Waals surface area (Å²) in [7, 11) is 1.45. The average Bonchev–Trinajstić information content (AvgIpc) is 3.09. The highest BCUT2D eigenvalue weighted by Gasteiger charge is 2.47. The fourth-order valence-electron chi connectivity index (χ4n) is 2.09. The number of nitrogens with one attached hydrogen (secondary N) is 1. The van der Waals surface area contributed by atoms with E-state index in [1.54, 1.807) is 6.07 Å². The van der Waals surface area contributed by atoms with Gasteiger partial charge < -0.3 is 21.1 Å². The van der Waals surface area contributed by atoms with E-state index in [4.69, 9.17) is 10.8 Å². The number of para-hydroxylation sites is 1. The van der Waals surface area contributed by atoms with Crippen molar-refractivity contribution in [2.24, 2.45) is 0 Å². The highest BCUT2D eigenvalue weighted by Crippen LogP contribution is 2.47. The van der Waals surface area contributed by atoms with Crippen molar-refractivity contribution in [1.82, 2.24) is 10.2 Å². The number of hydrogen-bond donors (Lipinski definition) is 3. The van der Waals surface area contributed by atoms with Gasteiger partial charge in [0, 0.05) is 18.3 Å². The van der Waals surface area contributed by atoms with E-state index in [-0.39, 0.29) is 6.54 Å². The number of nitrogens with two attached hydrogens (primary N) is 1. The monoisotopic (exact) mass is 263 g/mol. The van der Waals surface area contributed by atoms with Crippen molar-refractivity contribution < 1.29 is 14.7 Å². The molecule has 6 nitrogen and oxygen atoms in total. The first-order chi connectivity index (χ1) is 8.94. The van der Waals surface area contributed by atoms with Crippen LogP contribution in [0.25, 0.3) is 0 Å². The van der Waals surface area contributed by atoms with Crippen LogP contribution in [-0.4, -0.2) is 35.6 Å². The number of rotatable bonds is 4. The Hall–Kier alpha value is -2.24. The Kier molecular flexibility index (Phi) is 3.33. The third-order valence-corrected chi connectivity index (χ3v) is 3.29. The number of carboxylic acid groups (broad SMARTS) is 1. The number of likely N-dealkylation sites (N-methyl/N-ethyl adjacent to an activating group) is 1. The molecule has 0 heterocycles. The van der Waals surface area contributed by atoms with Crippen molar-refractivity contribution in [3.8, 4) is 0 Å². The van der Waals surface area contributed by atoms with Gasteiger partial charge in [0.05, 0.1) is 5.54 Å². The fourth-order valence-corrected chi connectivity index (χ4v) is 2.09. The van der Waals surface area contributed by atoms with Gasteiger partial charge in [0.2, 0.25) is 0 Å². The molecule has 1 aromatic rings. The molecule has 6 heteroatoms. The van der Waals surface area contributed by atoms with Crippen LogP contribution >= 0.6 is 0 Å². The van der Waals surface area contributed by atoms with E-state index in [9.17, 15) is 9.59 Å². The predicted octanol–water partition coefficient (Wildman–Crippen LogP) is 0.984. The van der Waals surface area contributed by atoms with Crippen LogP contribution in [0.4, 0.5) is 10.5 Å². The third kappa shape index (κ3) is 2.78. The lowest BCUT2D eigenvalue weighted by molar-refractivity contribution is -0.137. The number of aliphatic carboxylic acids is 1. The quantitative estimate of drug-likeness (QED) is 0.706. The standard InChI is InChI=1S/C13H17N3O3/c1-16(8-11(17)18)12(19)15-13(6-7-13)9-4-2-3-5-10(9)14/h2-5H,6-8,14H2,1H3,(H,15,19)(H,17,18). The normalized spacial score (nSPS) is 15.6. The van der Waals surface area contributed by atoms with Crippen molar-refractivity contribution >= 4 is 17.7 Å². The number of nitrogen functional groups attached to an aromatic ring is 1. The molecular weight excluding hydrogens is 246 g/mol. The van der Waals surface area contributed by atoms with Crippen molar-refractivity contribution in [3.63, 3.8) is 0 Å². The Morgan fingerprint density at radius 2 is 2.05 bits per heavy atom. The second-order valence-electron chi connectivity index (χ2n) is 4.85. The molecule has 0 saturated heterocycles. The van der Waals surface area contributed by atoms with E-state index >= 15 is 0 Å². The number of nitrogens with zero attached hydrogens (tertiary/aromatic N) is 1. The number of amides is 2. The minimum atomic E-state index is -1.04. The zero-order chi connectivity index (χ0) is 14.0. The first-order valence-corrected chi connectivity index (χ1v) is 6.05. The molecule has 4 N–H and O–H groups in total. The molecule has 2 amide bonds. The Morgan fingerprint density at radius 3 is 2.58 bits per heavy atom. The van der Waals surface area contributed by atoms with Gasteiger partial charge >= 0.3 is 12.0 Å². The van der Waals surface area contributed by atoms with Crippen LogP contribution < -0.4 is 11.1 Å². The molecule has 0 spiro atoms. The summed E-state index contributed by atoms with van der Waals surface area (Å²) in [5.74, 6) is -1.04. The zero-order valence-electron chi connectivity index (χ0n) is 10.7. The minimum Gasteiger partial charge on any atom is -0.480 e. The molecule has 0 aromatic heterocycles. The third-order valence-electron chi connectivity index (χ3n) is 3.29. The Morgan fingerprint density at radius 1 is 1.42 bits per heavy atom. The number of carbonyl (C=O) groups is 2. The Bertz CT molecular complexity index is 512. The van der Waals surface area contributed by atoms with Gasteiger partial charge in [0.15, 0.2) is 0 Å². The van der Waals surface area contributed by atoms with Gasteiger partial charge in [-0.3, -0.25) is 4.79 Å². The summed E-state index contributed by atoms with van der Waals surface area (Å²) >= 11 is 0. The van der Waals surface area contributed by atoms with E-state index in [1.165, 1.54) is 7.05 Å². The van der Waals surface area contributed by atoms with Crippen LogP contribution in [0.5, 0.6) is 0 Å². The van der Waals surface area contributed by atoms with E-state index in [0.29, 0.717) is 5.69 Å². The molecule has 0 atom stereocenters. The lowest BCUT2D eigenvalue weighted by Gasteiger charge is -2.23. The number of urea groups is 1. The van der Waals surface area contributed by atoms with Gasteiger partial charge in [0.25, 0.3) is 0 Å². The Balaban J connectivity index is 2.09. The summed E-state index contributed by atoms with van der Waals surface area (Å²) in [5, 5.41) is 11.5. The van der Waals surface area contributed by atoms with Crippen LogP contribution in [0.15, 0.2) is 24.3 Å². The average molecular weight is 263 g/mol. The first kappa shape index (κ1) is 13.2. The number of hydrogen-bond acceptors (Lipinski definition) is 3. The smallest absolute Gasteiger partial charge is 0.323 e. The highest BCUT2D eigenvalue weighted by atomic mass is 16.4. The van der Waals surface area contributed by atoms with Gasteiger partial charge in [-0.15, -0.1) is 0 Å². The van der Waals surface area contributed by atoms with Crippen LogP contribution in [0.1, 0.15) is 18.4 Å². The maximum Gasteiger partial charge on any atom is 0.323 e. The van der Waals surface area contributed by atoms with Crippen LogP contribution in [0.2, 0.25) is 0 Å². The van der Waals surface area contributed by atoms with Crippen LogP contribution in [0, 0.1) is 0 Å². The molecule has 1 fully saturated rings. The summed E-state index contributed by atoms with van der Waals surface area (Å²) in [6, 6.07) is 7.00. The second-order valence-corrected chi connectivity index (χ2v) is 4.85. The molecule has 0 aliphatic heterocycles. The number of benzene rings is 1. The van der Waals surface area contributed by atoms with Crippen molar-refractivity contribution in [3.05, 3.63) is 29.8 Å². The molecule has 102 valence electrons. The van der Waals surface area contributed by atoms with E-state index in [0.717, 1.165) is 23.3 Å². The van der Waals surface area contributed by atoms with Gasteiger partial charge in [0.1, 0.15) is 6.54 Å². The first-order valence-electron chi connectivity index (χ1n) is 6.05. The van der Waals surface area contributed by atoms with Gasteiger partial charge in [-0.05, 0) is 18.9 Å². The summed E-state index contributed by atoms with van der Waals surface area (Å²) in [4.78, 5) is 23.6. The summed E-state index contributed by atoms with van der Waals surface area (Å²) in [5.41, 5.74) is 7.02. The SMILES string of the molecule is CN(CC(=O)O)C(=O)NC1(c2ccccc2N)CC1. The van der Waals surface area contributed by atoms with E-state index in [1.807, 2.05) is 18.2 Å². The Labute approximate surface area is 111 Å². The van der Waals surface area contributed by atoms with Crippen molar-refractivity contribution in [2.75, 3.05) is 19.3 Å². The zero-order valence-corrected chi connectivity index (χ0v) is 10.7. The lowest BCUT2D eigenvalue weighted by atomic mass is 10.0. The summed E-state index contributed by atoms with van der Waals surface area (Å²) < 4.78 is 0.